The molecule has 1 aliphatic carbocycles. The summed E-state index contributed by atoms with van der Waals surface area (Å²) in [5.74, 6) is -0.294. The van der Waals surface area contributed by atoms with Gasteiger partial charge >= 0.3 is 0 Å². The Balaban J connectivity index is 1.38. The van der Waals surface area contributed by atoms with E-state index in [0.717, 1.165) is 38.0 Å². The Labute approximate surface area is 164 Å². The average molecular weight is 385 g/mol. The van der Waals surface area contributed by atoms with E-state index in [0.29, 0.717) is 18.4 Å². The van der Waals surface area contributed by atoms with Gasteiger partial charge < -0.3 is 24.6 Å². The number of nitrogens with zero attached hydrogens (tertiary/aromatic N) is 2. The lowest BCUT2D eigenvalue weighted by Gasteiger charge is -2.24. The molecule has 2 amide bonds. The molecule has 2 aromatic rings. The van der Waals surface area contributed by atoms with Gasteiger partial charge in [0.05, 0.1) is 12.1 Å². The topological polar surface area (TPSA) is 86.0 Å². The number of amides is 2. The standard InChI is InChI=1S/C21H27N3O4/c1-23-7-4-8-24(10-9-23)21(27)15-11-16(17(25)12-15)22-20(26)19-13-14-5-2-3-6-18(14)28-19/h2-3,5-6,13,15-17,25H,4,7-12H2,1H3,(H,22,26)/t15-,16-,17-/m0/s1. The second kappa shape index (κ2) is 7.93. The Morgan fingerprint density at radius 3 is 2.79 bits per heavy atom. The number of hydrogen-bond donors (Lipinski definition) is 2. The highest BCUT2D eigenvalue weighted by molar-refractivity contribution is 5.96. The lowest BCUT2D eigenvalue weighted by molar-refractivity contribution is -0.135. The molecule has 1 saturated heterocycles. The lowest BCUT2D eigenvalue weighted by atomic mass is 10.1. The molecule has 0 radical (unpaired) electrons. The van der Waals surface area contributed by atoms with Crippen molar-refractivity contribution in [1.29, 1.82) is 0 Å². The van der Waals surface area contributed by atoms with Gasteiger partial charge in [0.15, 0.2) is 5.76 Å². The van der Waals surface area contributed by atoms with Gasteiger partial charge in [0.25, 0.3) is 5.91 Å². The summed E-state index contributed by atoms with van der Waals surface area (Å²) in [6.45, 7) is 3.34. The van der Waals surface area contributed by atoms with E-state index in [2.05, 4.69) is 17.3 Å². The summed E-state index contributed by atoms with van der Waals surface area (Å²) < 4.78 is 5.60. The number of hydrogen-bond acceptors (Lipinski definition) is 5. The van der Waals surface area contributed by atoms with E-state index in [4.69, 9.17) is 4.42 Å². The zero-order valence-electron chi connectivity index (χ0n) is 16.1. The van der Waals surface area contributed by atoms with E-state index in [1.807, 2.05) is 29.2 Å². The summed E-state index contributed by atoms with van der Waals surface area (Å²) in [5, 5.41) is 14.1. The number of rotatable bonds is 3. The third kappa shape index (κ3) is 3.91. The van der Waals surface area contributed by atoms with Crippen molar-refractivity contribution in [1.82, 2.24) is 15.1 Å². The van der Waals surface area contributed by atoms with Crippen LogP contribution in [-0.2, 0) is 4.79 Å². The van der Waals surface area contributed by atoms with E-state index in [1.54, 1.807) is 6.07 Å². The molecule has 1 aliphatic heterocycles. The molecule has 1 aromatic carbocycles. The molecule has 2 N–H and O–H groups in total. The Morgan fingerprint density at radius 2 is 1.96 bits per heavy atom. The highest BCUT2D eigenvalue weighted by Crippen LogP contribution is 2.29. The molecule has 2 aliphatic rings. The molecule has 0 unspecified atom stereocenters. The maximum absolute atomic E-state index is 12.9. The summed E-state index contributed by atoms with van der Waals surface area (Å²) in [5.41, 5.74) is 0.652. The molecule has 150 valence electrons. The second-order valence-corrected chi connectivity index (χ2v) is 7.95. The highest BCUT2D eigenvalue weighted by atomic mass is 16.3. The molecular formula is C21H27N3O4. The Bertz CT molecular complexity index is 831. The fourth-order valence-electron chi connectivity index (χ4n) is 4.23. The van der Waals surface area contributed by atoms with Crippen LogP contribution in [0.3, 0.4) is 0 Å². The summed E-state index contributed by atoms with van der Waals surface area (Å²) in [4.78, 5) is 29.6. The molecule has 3 atom stereocenters. The van der Waals surface area contributed by atoms with Crippen molar-refractivity contribution in [2.75, 3.05) is 33.2 Å². The van der Waals surface area contributed by atoms with Crippen molar-refractivity contribution in [3.8, 4) is 0 Å². The molecule has 4 rings (SSSR count). The third-order valence-corrected chi connectivity index (χ3v) is 5.88. The van der Waals surface area contributed by atoms with Gasteiger partial charge in [0, 0.05) is 30.9 Å². The maximum atomic E-state index is 12.9. The minimum Gasteiger partial charge on any atom is -0.451 e. The van der Waals surface area contributed by atoms with Crippen molar-refractivity contribution in [3.05, 3.63) is 36.1 Å². The first-order valence-corrected chi connectivity index (χ1v) is 9.96. The minimum atomic E-state index is -0.725. The molecule has 1 aromatic heterocycles. The van der Waals surface area contributed by atoms with E-state index < -0.39 is 12.1 Å². The number of benzene rings is 1. The van der Waals surface area contributed by atoms with Crippen LogP contribution < -0.4 is 5.32 Å². The monoisotopic (exact) mass is 385 g/mol. The fraction of sp³-hybridized carbons (Fsp3) is 0.524. The molecule has 2 fully saturated rings. The predicted octanol–water partition coefficient (Wildman–Crippen LogP) is 1.47. The van der Waals surface area contributed by atoms with E-state index in [1.165, 1.54) is 0 Å². The lowest BCUT2D eigenvalue weighted by Crippen LogP contribution is -2.40. The van der Waals surface area contributed by atoms with Gasteiger partial charge in [0.2, 0.25) is 5.91 Å². The number of carbonyl (C=O) groups excluding carboxylic acids is 2. The van der Waals surface area contributed by atoms with Crippen LogP contribution in [-0.4, -0.2) is 72.1 Å². The van der Waals surface area contributed by atoms with Crippen molar-refractivity contribution >= 4 is 22.8 Å². The van der Waals surface area contributed by atoms with E-state index >= 15 is 0 Å². The predicted molar refractivity (Wildman–Crippen MR) is 105 cm³/mol. The Kier molecular flexibility index (Phi) is 5.37. The zero-order valence-corrected chi connectivity index (χ0v) is 16.1. The van der Waals surface area contributed by atoms with E-state index in [9.17, 15) is 14.7 Å². The largest absolute Gasteiger partial charge is 0.451 e. The molecule has 0 spiro atoms. The van der Waals surface area contributed by atoms with Crippen LogP contribution in [0.15, 0.2) is 34.7 Å². The minimum absolute atomic E-state index is 0.0924. The molecule has 7 heteroatoms. The van der Waals surface area contributed by atoms with Crippen molar-refractivity contribution in [3.63, 3.8) is 0 Å². The molecule has 0 bridgehead atoms. The number of aliphatic hydroxyl groups excluding tert-OH is 1. The van der Waals surface area contributed by atoms with Gasteiger partial charge in [-0.15, -0.1) is 0 Å². The second-order valence-electron chi connectivity index (χ2n) is 7.95. The number of para-hydroxylation sites is 1. The number of likely N-dealkylation sites (N-methyl/N-ethyl adjacent to an activating group) is 1. The quantitative estimate of drug-likeness (QED) is 0.836. The zero-order chi connectivity index (χ0) is 19.7. The van der Waals surface area contributed by atoms with Crippen LogP contribution in [0, 0.1) is 5.92 Å². The smallest absolute Gasteiger partial charge is 0.287 e. The van der Waals surface area contributed by atoms with Gasteiger partial charge in [-0.25, -0.2) is 0 Å². The SMILES string of the molecule is CN1CCCN(C(=O)[C@H]2C[C@H](NC(=O)c3cc4ccccc4o3)[C@@H](O)C2)CC1. The summed E-state index contributed by atoms with van der Waals surface area (Å²) in [7, 11) is 2.07. The number of fused-ring (bicyclic) bond motifs is 1. The number of aliphatic hydroxyl groups is 1. The molecule has 7 nitrogen and oxygen atoms in total. The number of nitrogens with one attached hydrogen (secondary N) is 1. The first-order valence-electron chi connectivity index (χ1n) is 9.96. The Hall–Kier alpha value is -2.38. The van der Waals surface area contributed by atoms with Crippen molar-refractivity contribution in [2.24, 2.45) is 5.92 Å². The first-order chi connectivity index (χ1) is 13.5. The Morgan fingerprint density at radius 1 is 1.14 bits per heavy atom. The average Bonchev–Trinajstić information content (AvgIpc) is 3.20. The van der Waals surface area contributed by atoms with Crippen molar-refractivity contribution in [2.45, 2.75) is 31.4 Å². The highest BCUT2D eigenvalue weighted by Gasteiger charge is 2.39. The van der Waals surface area contributed by atoms with Crippen LogP contribution in [0.4, 0.5) is 0 Å². The fourth-order valence-corrected chi connectivity index (χ4v) is 4.23. The van der Waals surface area contributed by atoms with Gasteiger partial charge in [-0.05, 0) is 45.0 Å². The van der Waals surface area contributed by atoms with Crippen molar-refractivity contribution < 1.29 is 19.1 Å². The van der Waals surface area contributed by atoms with E-state index in [-0.39, 0.29) is 23.5 Å². The van der Waals surface area contributed by atoms with Crippen LogP contribution in [0.1, 0.15) is 29.8 Å². The summed E-state index contributed by atoms with van der Waals surface area (Å²) in [6, 6.07) is 8.69. The van der Waals surface area contributed by atoms with Crippen LogP contribution in [0.2, 0.25) is 0 Å². The van der Waals surface area contributed by atoms with Gasteiger partial charge in [-0.3, -0.25) is 9.59 Å². The summed E-state index contributed by atoms with van der Waals surface area (Å²) in [6.07, 6.45) is 1.08. The first kappa shape index (κ1) is 19.0. The van der Waals surface area contributed by atoms with Crippen LogP contribution in [0.5, 0.6) is 0 Å². The van der Waals surface area contributed by atoms with Gasteiger partial charge in [-0.2, -0.15) is 0 Å². The maximum Gasteiger partial charge on any atom is 0.287 e. The van der Waals surface area contributed by atoms with Crippen LogP contribution >= 0.6 is 0 Å². The molecule has 1 saturated carbocycles. The van der Waals surface area contributed by atoms with Crippen LogP contribution in [0.25, 0.3) is 11.0 Å². The summed E-state index contributed by atoms with van der Waals surface area (Å²) >= 11 is 0. The van der Waals surface area contributed by atoms with Gasteiger partial charge in [0.1, 0.15) is 5.58 Å². The number of furan rings is 1. The molecule has 2 heterocycles. The van der Waals surface area contributed by atoms with Gasteiger partial charge in [-0.1, -0.05) is 18.2 Å². The number of carbonyl (C=O) groups is 2. The molecular weight excluding hydrogens is 358 g/mol. The normalized spacial score (nSPS) is 26.4. The third-order valence-electron chi connectivity index (χ3n) is 5.88. The molecule has 28 heavy (non-hydrogen) atoms.